The van der Waals surface area contributed by atoms with Crippen molar-refractivity contribution in [1.29, 1.82) is 0 Å². The first-order valence-corrected chi connectivity index (χ1v) is 5.20. The predicted molar refractivity (Wildman–Crippen MR) is 59.5 cm³/mol. The molecule has 0 saturated heterocycles. The fourth-order valence-electron chi connectivity index (χ4n) is 1.39. The van der Waals surface area contributed by atoms with Crippen molar-refractivity contribution < 1.29 is 23.9 Å². The Kier molecular flexibility index (Phi) is 3.42. The number of hydrogen-bond acceptors (Lipinski definition) is 6. The first kappa shape index (κ1) is 12.6. The number of amides is 1. The lowest BCUT2D eigenvalue weighted by Crippen LogP contribution is -2.35. The molecule has 19 heavy (non-hydrogen) atoms. The molecule has 2 N–H and O–H groups in total. The lowest BCUT2D eigenvalue weighted by atomic mass is 10.2. The van der Waals surface area contributed by atoms with Crippen molar-refractivity contribution >= 4 is 11.9 Å². The quantitative estimate of drug-likeness (QED) is 0.600. The first-order valence-electron chi connectivity index (χ1n) is 5.20. The number of hydrogen-bond donors (Lipinski definition) is 1. The van der Waals surface area contributed by atoms with Crippen LogP contribution < -0.4 is 10.6 Å². The van der Waals surface area contributed by atoms with E-state index >= 15 is 0 Å². The zero-order valence-electron chi connectivity index (χ0n) is 9.61. The second-order valence-electron chi connectivity index (χ2n) is 3.53. The molecular formula is C11H9N3O5. The van der Waals surface area contributed by atoms with E-state index in [1.54, 1.807) is 30.3 Å². The topological polar surface area (TPSA) is 122 Å². The highest BCUT2D eigenvalue weighted by atomic mass is 16.8. The third kappa shape index (κ3) is 2.68. The average Bonchev–Trinajstić information content (AvgIpc) is 2.78. The number of nitrogens with two attached hydrogens (primary N) is 1. The number of esters is 1. The van der Waals surface area contributed by atoms with Crippen LogP contribution in [0.25, 0.3) is 0 Å². The second-order valence-corrected chi connectivity index (χ2v) is 3.53. The average molecular weight is 263 g/mol. The molecule has 0 aliphatic carbocycles. The van der Waals surface area contributed by atoms with Crippen molar-refractivity contribution in [3.05, 3.63) is 52.5 Å². The molecule has 2 aromatic rings. The van der Waals surface area contributed by atoms with Gasteiger partial charge in [0.25, 0.3) is 17.3 Å². The Morgan fingerprint density at radius 2 is 2.05 bits per heavy atom. The van der Waals surface area contributed by atoms with Crippen LogP contribution in [0, 0.1) is 5.21 Å². The molecule has 0 fully saturated rings. The summed E-state index contributed by atoms with van der Waals surface area (Å²) in [6, 6.07) is 8.22. The maximum absolute atomic E-state index is 11.6. The lowest BCUT2D eigenvalue weighted by Gasteiger charge is -2.00. The third-order valence-electron chi connectivity index (χ3n) is 2.26. The Morgan fingerprint density at radius 3 is 2.68 bits per heavy atom. The summed E-state index contributed by atoms with van der Waals surface area (Å²) in [5.41, 5.74) is 4.69. The van der Waals surface area contributed by atoms with Crippen LogP contribution in [-0.4, -0.2) is 17.0 Å². The van der Waals surface area contributed by atoms with Gasteiger partial charge in [0.15, 0.2) is 6.61 Å². The van der Waals surface area contributed by atoms with Gasteiger partial charge < -0.3 is 15.7 Å². The molecule has 1 amide bonds. The van der Waals surface area contributed by atoms with E-state index in [9.17, 15) is 14.8 Å². The van der Waals surface area contributed by atoms with Crippen molar-refractivity contribution in [2.45, 2.75) is 6.61 Å². The largest absolute Gasteiger partial charge is 0.453 e. The van der Waals surface area contributed by atoms with Gasteiger partial charge in [0.2, 0.25) is 0 Å². The maximum Gasteiger partial charge on any atom is 0.338 e. The van der Waals surface area contributed by atoms with Crippen molar-refractivity contribution in [2.75, 3.05) is 0 Å². The molecule has 0 unspecified atom stereocenters. The SMILES string of the molecule is NC(=O)c1c(COC(=O)c2ccccc2)no[n+]1[O-]. The van der Waals surface area contributed by atoms with Crippen LogP contribution in [0.5, 0.6) is 0 Å². The molecule has 8 heteroatoms. The monoisotopic (exact) mass is 263 g/mol. The van der Waals surface area contributed by atoms with Crippen LogP contribution in [0.4, 0.5) is 0 Å². The van der Waals surface area contributed by atoms with E-state index in [1.165, 1.54) is 0 Å². The molecule has 0 spiro atoms. The van der Waals surface area contributed by atoms with E-state index in [-0.39, 0.29) is 17.2 Å². The van der Waals surface area contributed by atoms with Gasteiger partial charge in [-0.2, -0.15) is 0 Å². The lowest BCUT2D eigenvalue weighted by molar-refractivity contribution is -0.803. The molecule has 0 aliphatic heterocycles. The van der Waals surface area contributed by atoms with Crippen LogP contribution in [0.15, 0.2) is 35.0 Å². The summed E-state index contributed by atoms with van der Waals surface area (Å²) in [6.07, 6.45) is 0. The number of ether oxygens (including phenoxy) is 1. The summed E-state index contributed by atoms with van der Waals surface area (Å²) >= 11 is 0. The molecule has 1 aromatic heterocycles. The van der Waals surface area contributed by atoms with Gasteiger partial charge in [-0.3, -0.25) is 9.42 Å². The van der Waals surface area contributed by atoms with E-state index in [0.717, 1.165) is 0 Å². The number of benzene rings is 1. The smallest absolute Gasteiger partial charge is 0.338 e. The van der Waals surface area contributed by atoms with Gasteiger partial charge in [0, 0.05) is 5.16 Å². The molecule has 8 nitrogen and oxygen atoms in total. The fourth-order valence-corrected chi connectivity index (χ4v) is 1.39. The van der Waals surface area contributed by atoms with E-state index < -0.39 is 17.6 Å². The number of rotatable bonds is 4. The van der Waals surface area contributed by atoms with Crippen LogP contribution >= 0.6 is 0 Å². The minimum Gasteiger partial charge on any atom is -0.453 e. The minimum atomic E-state index is -1.01. The number of primary amides is 1. The van der Waals surface area contributed by atoms with Crippen molar-refractivity contribution in [1.82, 2.24) is 5.16 Å². The summed E-state index contributed by atoms with van der Waals surface area (Å²) in [4.78, 5) is 22.5. The molecule has 1 aromatic carbocycles. The van der Waals surface area contributed by atoms with Gasteiger partial charge in [0.1, 0.15) is 0 Å². The Hall–Kier alpha value is -2.90. The van der Waals surface area contributed by atoms with Gasteiger partial charge in [-0.15, -0.1) is 0 Å². The Labute approximate surface area is 106 Å². The van der Waals surface area contributed by atoms with E-state index in [4.69, 9.17) is 10.5 Å². The van der Waals surface area contributed by atoms with E-state index in [1.807, 2.05) is 0 Å². The summed E-state index contributed by atoms with van der Waals surface area (Å²) < 4.78 is 9.11. The highest BCUT2D eigenvalue weighted by Gasteiger charge is 2.25. The zero-order valence-corrected chi connectivity index (χ0v) is 9.61. The van der Waals surface area contributed by atoms with Crippen LogP contribution in [0.1, 0.15) is 26.5 Å². The number of nitrogens with zero attached hydrogens (tertiary/aromatic N) is 2. The Balaban J connectivity index is 2.08. The number of aromatic nitrogens is 2. The van der Waals surface area contributed by atoms with Crippen LogP contribution in [0.3, 0.4) is 0 Å². The van der Waals surface area contributed by atoms with Gasteiger partial charge in [-0.25, -0.2) is 4.79 Å². The van der Waals surface area contributed by atoms with E-state index in [2.05, 4.69) is 9.79 Å². The van der Waals surface area contributed by atoms with Crippen LogP contribution in [0.2, 0.25) is 0 Å². The van der Waals surface area contributed by atoms with Gasteiger partial charge >= 0.3 is 5.97 Å². The Bertz CT molecular complexity index is 608. The number of carbonyl (C=O) groups is 2. The summed E-state index contributed by atoms with van der Waals surface area (Å²) in [7, 11) is 0. The first-order chi connectivity index (χ1) is 9.09. The Morgan fingerprint density at radius 1 is 1.37 bits per heavy atom. The van der Waals surface area contributed by atoms with Crippen molar-refractivity contribution in [3.8, 4) is 0 Å². The highest BCUT2D eigenvalue weighted by Crippen LogP contribution is 2.06. The molecular weight excluding hydrogens is 254 g/mol. The molecule has 0 radical (unpaired) electrons. The minimum absolute atomic E-state index is 0.131. The molecule has 0 aliphatic rings. The van der Waals surface area contributed by atoms with Crippen molar-refractivity contribution in [2.24, 2.45) is 5.73 Å². The van der Waals surface area contributed by atoms with Crippen molar-refractivity contribution in [3.63, 3.8) is 0 Å². The van der Waals surface area contributed by atoms with Gasteiger partial charge in [-0.1, -0.05) is 18.2 Å². The molecule has 0 bridgehead atoms. The standard InChI is InChI=1S/C11H9N3O5/c12-10(15)9-8(13-19-14(9)17)6-18-11(16)7-4-2-1-3-5-7/h1-5H,6H2,(H2,12,15). The molecule has 98 valence electrons. The molecule has 0 saturated carbocycles. The summed E-state index contributed by atoms with van der Waals surface area (Å²) in [5, 5.41) is 14.3. The summed E-state index contributed by atoms with van der Waals surface area (Å²) in [6.45, 7) is -0.384. The van der Waals surface area contributed by atoms with Gasteiger partial charge in [0.05, 0.1) is 5.56 Å². The number of carbonyl (C=O) groups excluding carboxylic acids is 2. The van der Waals surface area contributed by atoms with Gasteiger partial charge in [-0.05, 0) is 17.0 Å². The third-order valence-corrected chi connectivity index (χ3v) is 2.26. The maximum atomic E-state index is 11.6. The molecule has 2 rings (SSSR count). The molecule has 1 heterocycles. The molecule has 0 atom stereocenters. The van der Waals surface area contributed by atoms with Crippen LogP contribution in [-0.2, 0) is 11.3 Å². The predicted octanol–water partition coefficient (Wildman–Crippen LogP) is -0.236. The fraction of sp³-hybridized carbons (Fsp3) is 0.0909. The second kappa shape index (κ2) is 5.17. The highest BCUT2D eigenvalue weighted by molar-refractivity contribution is 5.91. The zero-order chi connectivity index (χ0) is 13.8. The van der Waals surface area contributed by atoms with E-state index in [0.29, 0.717) is 5.56 Å². The normalized spacial score (nSPS) is 10.1. The summed E-state index contributed by atoms with van der Waals surface area (Å²) in [5.74, 6) is -1.63.